The van der Waals surface area contributed by atoms with Crippen molar-refractivity contribution in [3.8, 4) is 0 Å². The maximum atomic E-state index is 4.69. The molecule has 3 nitrogen and oxygen atoms in total. The Morgan fingerprint density at radius 1 is 1.30 bits per heavy atom. The van der Waals surface area contributed by atoms with Crippen LogP contribution < -0.4 is 10.2 Å². The van der Waals surface area contributed by atoms with Crippen LogP contribution in [-0.4, -0.2) is 24.6 Å². The predicted octanol–water partition coefficient (Wildman–Crippen LogP) is 3.77. The number of aromatic nitrogens is 1. The highest BCUT2D eigenvalue weighted by Crippen LogP contribution is 2.23. The smallest absolute Gasteiger partial charge is 0.0574 e. The quantitative estimate of drug-likeness (QED) is 0.886. The van der Waals surface area contributed by atoms with Gasteiger partial charge in [-0.15, -0.1) is 0 Å². The minimum absolute atomic E-state index is 0.387. The number of hydrogen-bond acceptors (Lipinski definition) is 3. The van der Waals surface area contributed by atoms with Crippen molar-refractivity contribution < 1.29 is 0 Å². The summed E-state index contributed by atoms with van der Waals surface area (Å²) < 4.78 is 0. The fourth-order valence-corrected chi connectivity index (χ4v) is 3.02. The van der Waals surface area contributed by atoms with E-state index >= 15 is 0 Å². The normalized spacial score (nSPS) is 21.6. The molecule has 3 heteroatoms. The van der Waals surface area contributed by atoms with Gasteiger partial charge in [0.05, 0.1) is 17.6 Å². The highest BCUT2D eigenvalue weighted by molar-refractivity contribution is 5.44. The van der Waals surface area contributed by atoms with Crippen LogP contribution in [0.25, 0.3) is 0 Å². The molecule has 2 rings (SSSR count). The van der Waals surface area contributed by atoms with Gasteiger partial charge >= 0.3 is 0 Å². The molecule has 2 unspecified atom stereocenters. The molecule has 20 heavy (non-hydrogen) atoms. The Morgan fingerprint density at radius 2 is 2.15 bits per heavy atom. The average Bonchev–Trinajstić information content (AvgIpc) is 2.70. The van der Waals surface area contributed by atoms with Gasteiger partial charge < -0.3 is 10.2 Å². The molecule has 2 heterocycles. The van der Waals surface area contributed by atoms with E-state index in [2.05, 4.69) is 54.3 Å². The molecule has 1 aromatic heterocycles. The summed E-state index contributed by atoms with van der Waals surface area (Å²) in [5.41, 5.74) is 2.45. The van der Waals surface area contributed by atoms with Crippen LogP contribution in [-0.2, 0) is 0 Å². The van der Waals surface area contributed by atoms with Gasteiger partial charge in [-0.25, -0.2) is 0 Å². The van der Waals surface area contributed by atoms with Crippen LogP contribution in [0.3, 0.4) is 0 Å². The maximum Gasteiger partial charge on any atom is 0.0574 e. The van der Waals surface area contributed by atoms with Crippen LogP contribution in [0.15, 0.2) is 18.3 Å². The molecule has 0 spiro atoms. The molecule has 1 N–H and O–H groups in total. The molecule has 0 radical (unpaired) electrons. The van der Waals surface area contributed by atoms with Crippen molar-refractivity contribution in [3.63, 3.8) is 0 Å². The third kappa shape index (κ3) is 3.95. The standard InChI is InChI=1S/C17H29N3/c1-4-16(18-5-2)17-9-8-15(13-19-17)20-11-6-7-14(3)10-12-20/h8-9,13-14,16,18H,4-7,10-12H2,1-3H3. The van der Waals surface area contributed by atoms with E-state index in [4.69, 9.17) is 0 Å². The molecule has 0 aliphatic carbocycles. The van der Waals surface area contributed by atoms with Gasteiger partial charge in [-0.1, -0.05) is 20.8 Å². The first-order chi connectivity index (χ1) is 9.74. The van der Waals surface area contributed by atoms with Gasteiger partial charge in [0.2, 0.25) is 0 Å². The van der Waals surface area contributed by atoms with Gasteiger partial charge in [0.25, 0.3) is 0 Å². The maximum absolute atomic E-state index is 4.69. The Hall–Kier alpha value is -1.09. The fourth-order valence-electron chi connectivity index (χ4n) is 3.02. The largest absolute Gasteiger partial charge is 0.370 e. The Morgan fingerprint density at radius 3 is 2.80 bits per heavy atom. The lowest BCUT2D eigenvalue weighted by atomic mass is 10.0. The molecule has 0 saturated carbocycles. The van der Waals surface area contributed by atoms with Crippen LogP contribution in [0.5, 0.6) is 0 Å². The second-order valence-electron chi connectivity index (χ2n) is 5.98. The molecule has 0 amide bonds. The summed E-state index contributed by atoms with van der Waals surface area (Å²) in [4.78, 5) is 7.18. The van der Waals surface area contributed by atoms with E-state index in [0.717, 1.165) is 18.9 Å². The van der Waals surface area contributed by atoms with Crippen molar-refractivity contribution in [1.29, 1.82) is 0 Å². The highest BCUT2D eigenvalue weighted by Gasteiger charge is 2.15. The molecule has 2 atom stereocenters. The van der Waals surface area contributed by atoms with E-state index in [1.807, 2.05) is 0 Å². The zero-order valence-corrected chi connectivity index (χ0v) is 13.2. The summed E-state index contributed by atoms with van der Waals surface area (Å²) in [5, 5.41) is 3.49. The fraction of sp³-hybridized carbons (Fsp3) is 0.706. The van der Waals surface area contributed by atoms with Crippen molar-refractivity contribution in [2.24, 2.45) is 5.92 Å². The molecule has 112 valence electrons. The average molecular weight is 275 g/mol. The molecular formula is C17H29N3. The van der Waals surface area contributed by atoms with Crippen molar-refractivity contribution in [3.05, 3.63) is 24.0 Å². The zero-order valence-electron chi connectivity index (χ0n) is 13.2. The zero-order chi connectivity index (χ0) is 14.4. The summed E-state index contributed by atoms with van der Waals surface area (Å²) in [6.07, 6.45) is 7.11. The minimum Gasteiger partial charge on any atom is -0.370 e. The molecule has 1 fully saturated rings. The molecule has 1 aliphatic heterocycles. The van der Waals surface area contributed by atoms with Gasteiger partial charge in [-0.05, 0) is 50.3 Å². The lowest BCUT2D eigenvalue weighted by Crippen LogP contribution is -2.25. The highest BCUT2D eigenvalue weighted by atomic mass is 15.1. The molecule has 1 saturated heterocycles. The number of hydrogen-bond donors (Lipinski definition) is 1. The van der Waals surface area contributed by atoms with Crippen molar-refractivity contribution in [1.82, 2.24) is 10.3 Å². The number of pyridine rings is 1. The number of nitrogens with one attached hydrogen (secondary N) is 1. The summed E-state index contributed by atoms with van der Waals surface area (Å²) in [6, 6.07) is 4.83. The van der Waals surface area contributed by atoms with Crippen LogP contribution in [0.2, 0.25) is 0 Å². The SMILES string of the molecule is CCNC(CC)c1ccc(N2CCCC(C)CC2)cn1. The Balaban J connectivity index is 2.03. The number of rotatable bonds is 5. The second kappa shape index (κ2) is 7.63. The molecular weight excluding hydrogens is 246 g/mol. The predicted molar refractivity (Wildman–Crippen MR) is 86.2 cm³/mol. The Labute approximate surface area is 123 Å². The topological polar surface area (TPSA) is 28.2 Å². The van der Waals surface area contributed by atoms with Crippen molar-refractivity contribution >= 4 is 5.69 Å². The van der Waals surface area contributed by atoms with Crippen LogP contribution in [0, 0.1) is 5.92 Å². The third-order valence-corrected chi connectivity index (χ3v) is 4.37. The van der Waals surface area contributed by atoms with E-state index in [9.17, 15) is 0 Å². The van der Waals surface area contributed by atoms with E-state index in [-0.39, 0.29) is 0 Å². The first-order valence-corrected chi connectivity index (χ1v) is 8.18. The lowest BCUT2D eigenvalue weighted by molar-refractivity contribution is 0.520. The van der Waals surface area contributed by atoms with E-state index < -0.39 is 0 Å². The molecule has 1 aliphatic rings. The minimum atomic E-state index is 0.387. The van der Waals surface area contributed by atoms with Crippen LogP contribution >= 0.6 is 0 Å². The van der Waals surface area contributed by atoms with Crippen molar-refractivity contribution in [2.75, 3.05) is 24.5 Å². The van der Waals surface area contributed by atoms with Gasteiger partial charge in [-0.2, -0.15) is 0 Å². The molecule has 0 bridgehead atoms. The summed E-state index contributed by atoms with van der Waals surface area (Å²) >= 11 is 0. The second-order valence-corrected chi connectivity index (χ2v) is 5.98. The summed E-state index contributed by atoms with van der Waals surface area (Å²) in [6.45, 7) is 10.1. The number of nitrogens with zero attached hydrogens (tertiary/aromatic N) is 2. The van der Waals surface area contributed by atoms with Crippen LogP contribution in [0.4, 0.5) is 5.69 Å². The molecule has 0 aromatic carbocycles. The van der Waals surface area contributed by atoms with Gasteiger partial charge in [0, 0.05) is 19.1 Å². The lowest BCUT2D eigenvalue weighted by Gasteiger charge is -2.23. The van der Waals surface area contributed by atoms with Crippen molar-refractivity contribution in [2.45, 2.75) is 52.5 Å². The molecule has 1 aromatic rings. The van der Waals surface area contributed by atoms with Gasteiger partial charge in [0.15, 0.2) is 0 Å². The van der Waals surface area contributed by atoms with Gasteiger partial charge in [-0.3, -0.25) is 4.98 Å². The summed E-state index contributed by atoms with van der Waals surface area (Å²) in [5.74, 6) is 0.866. The monoisotopic (exact) mass is 275 g/mol. The van der Waals surface area contributed by atoms with E-state index in [1.54, 1.807) is 0 Å². The number of anilines is 1. The third-order valence-electron chi connectivity index (χ3n) is 4.37. The first-order valence-electron chi connectivity index (χ1n) is 8.18. The first kappa shape index (κ1) is 15.3. The Bertz CT molecular complexity index is 388. The van der Waals surface area contributed by atoms with Crippen LogP contribution in [0.1, 0.15) is 58.2 Å². The Kier molecular flexibility index (Phi) is 5.84. The van der Waals surface area contributed by atoms with E-state index in [1.165, 1.54) is 43.7 Å². The van der Waals surface area contributed by atoms with E-state index in [0.29, 0.717) is 6.04 Å². The van der Waals surface area contributed by atoms with Gasteiger partial charge in [0.1, 0.15) is 0 Å². The summed E-state index contributed by atoms with van der Waals surface area (Å²) in [7, 11) is 0.